The molecule has 0 amide bonds. The highest BCUT2D eigenvalue weighted by Gasteiger charge is 2.13. The summed E-state index contributed by atoms with van der Waals surface area (Å²) in [5, 5.41) is 6.43. The van der Waals surface area contributed by atoms with Gasteiger partial charge in [-0.15, -0.1) is 24.0 Å². The Labute approximate surface area is 170 Å². The molecule has 6 nitrogen and oxygen atoms in total. The van der Waals surface area contributed by atoms with Crippen molar-refractivity contribution in [2.75, 3.05) is 44.9 Å². The van der Waals surface area contributed by atoms with Crippen LogP contribution in [0, 0.1) is 5.92 Å². The zero-order valence-electron chi connectivity index (χ0n) is 15.8. The molecule has 0 bridgehead atoms. The minimum atomic E-state index is -2.94. The molecule has 0 aromatic heterocycles. The number of ether oxygens (including phenoxy) is 1. The van der Waals surface area contributed by atoms with Gasteiger partial charge in [0.2, 0.25) is 0 Å². The quantitative estimate of drug-likeness (QED) is 0.191. The van der Waals surface area contributed by atoms with Crippen molar-refractivity contribution in [2.24, 2.45) is 10.9 Å². The third kappa shape index (κ3) is 14.7. The fourth-order valence-electron chi connectivity index (χ4n) is 2.93. The van der Waals surface area contributed by atoms with Crippen LogP contribution in [0.4, 0.5) is 0 Å². The van der Waals surface area contributed by atoms with Gasteiger partial charge in [0.05, 0.1) is 19.0 Å². The first-order valence-corrected chi connectivity index (χ1v) is 11.3. The molecule has 0 atom stereocenters. The molecule has 0 saturated heterocycles. The standard InChI is InChI=1S/C17H35N3O3S.HI/c1-3-18-17(20-12-13-23-14-15-24(2,21)22)19-11-7-6-10-16-8-4-5-9-16;/h16H,3-15H2,1-2H3,(H2,18,19,20);1H. The highest BCUT2D eigenvalue weighted by molar-refractivity contribution is 14.0. The highest BCUT2D eigenvalue weighted by Crippen LogP contribution is 2.28. The molecule has 0 spiro atoms. The fraction of sp³-hybridized carbons (Fsp3) is 0.941. The third-order valence-corrected chi connectivity index (χ3v) is 5.15. The van der Waals surface area contributed by atoms with Crippen LogP contribution in [0.3, 0.4) is 0 Å². The summed E-state index contributed by atoms with van der Waals surface area (Å²) in [7, 11) is -2.94. The van der Waals surface area contributed by atoms with E-state index in [0.29, 0.717) is 13.2 Å². The summed E-state index contributed by atoms with van der Waals surface area (Å²) >= 11 is 0. The molecule has 150 valence electrons. The molecule has 1 saturated carbocycles. The maximum atomic E-state index is 11.0. The van der Waals surface area contributed by atoms with Crippen LogP contribution >= 0.6 is 24.0 Å². The van der Waals surface area contributed by atoms with Gasteiger partial charge in [-0.2, -0.15) is 0 Å². The van der Waals surface area contributed by atoms with Crippen molar-refractivity contribution in [3.05, 3.63) is 0 Å². The summed E-state index contributed by atoms with van der Waals surface area (Å²) in [5.74, 6) is 1.84. The summed E-state index contributed by atoms with van der Waals surface area (Å²) in [6, 6.07) is 0. The summed E-state index contributed by atoms with van der Waals surface area (Å²) < 4.78 is 27.3. The summed E-state index contributed by atoms with van der Waals surface area (Å²) in [6.45, 7) is 5.05. The molecule has 0 heterocycles. The molecule has 0 unspecified atom stereocenters. The molecule has 1 fully saturated rings. The number of guanidine groups is 1. The lowest BCUT2D eigenvalue weighted by Gasteiger charge is -2.12. The number of unbranched alkanes of at least 4 members (excludes halogenated alkanes) is 1. The Hall–Kier alpha value is -0.0900. The number of halogens is 1. The first kappa shape index (κ1) is 24.9. The Morgan fingerprint density at radius 2 is 1.88 bits per heavy atom. The van der Waals surface area contributed by atoms with E-state index in [9.17, 15) is 8.42 Å². The topological polar surface area (TPSA) is 79.8 Å². The molecular weight excluding hydrogens is 453 g/mol. The van der Waals surface area contributed by atoms with E-state index >= 15 is 0 Å². The molecule has 0 aliphatic heterocycles. The van der Waals surface area contributed by atoms with E-state index in [0.717, 1.165) is 31.4 Å². The SMILES string of the molecule is CCNC(=NCCCCC1CCCC1)NCCOCCS(C)(=O)=O.I. The molecule has 25 heavy (non-hydrogen) atoms. The normalized spacial score (nSPS) is 15.8. The van der Waals surface area contributed by atoms with Gasteiger partial charge in [-0.25, -0.2) is 8.42 Å². The molecule has 0 aromatic rings. The number of nitrogens with one attached hydrogen (secondary N) is 2. The lowest BCUT2D eigenvalue weighted by Crippen LogP contribution is -2.39. The minimum absolute atomic E-state index is 0. The second kappa shape index (κ2) is 15.0. The van der Waals surface area contributed by atoms with E-state index in [2.05, 4.69) is 15.6 Å². The monoisotopic (exact) mass is 489 g/mol. The summed E-state index contributed by atoms with van der Waals surface area (Å²) in [6.07, 6.45) is 10.7. The Kier molecular flexibility index (Phi) is 15.0. The Morgan fingerprint density at radius 3 is 2.52 bits per heavy atom. The zero-order valence-corrected chi connectivity index (χ0v) is 18.9. The lowest BCUT2D eigenvalue weighted by molar-refractivity contribution is 0.154. The fourth-order valence-corrected chi connectivity index (χ4v) is 3.35. The van der Waals surface area contributed by atoms with Crippen LogP contribution in [0.25, 0.3) is 0 Å². The predicted octanol–water partition coefficient (Wildman–Crippen LogP) is 2.58. The predicted molar refractivity (Wildman–Crippen MR) is 116 cm³/mol. The molecular formula is C17H36IN3O3S. The number of rotatable bonds is 12. The van der Waals surface area contributed by atoms with E-state index in [1.165, 1.54) is 44.8 Å². The van der Waals surface area contributed by atoms with Crippen molar-refractivity contribution < 1.29 is 13.2 Å². The van der Waals surface area contributed by atoms with Crippen LogP contribution < -0.4 is 10.6 Å². The van der Waals surface area contributed by atoms with E-state index < -0.39 is 9.84 Å². The summed E-state index contributed by atoms with van der Waals surface area (Å²) in [4.78, 5) is 4.58. The Bertz CT molecular complexity index is 452. The van der Waals surface area contributed by atoms with Gasteiger partial charge in [-0.05, 0) is 19.3 Å². The maximum absolute atomic E-state index is 11.0. The van der Waals surface area contributed by atoms with Gasteiger partial charge in [-0.1, -0.05) is 38.5 Å². The Balaban J connectivity index is 0.00000576. The van der Waals surface area contributed by atoms with E-state index in [1.807, 2.05) is 6.92 Å². The second-order valence-electron chi connectivity index (χ2n) is 6.58. The van der Waals surface area contributed by atoms with Gasteiger partial charge < -0.3 is 15.4 Å². The van der Waals surface area contributed by atoms with Crippen LogP contribution in [0.2, 0.25) is 0 Å². The third-order valence-electron chi connectivity index (χ3n) is 4.25. The lowest BCUT2D eigenvalue weighted by atomic mass is 10.0. The van der Waals surface area contributed by atoms with Gasteiger partial charge in [0.1, 0.15) is 9.84 Å². The van der Waals surface area contributed by atoms with E-state index in [1.54, 1.807) is 0 Å². The molecule has 1 aliphatic carbocycles. The average Bonchev–Trinajstić information content (AvgIpc) is 3.02. The van der Waals surface area contributed by atoms with Crippen molar-refractivity contribution >= 4 is 39.8 Å². The molecule has 0 aromatic carbocycles. The summed E-state index contributed by atoms with van der Waals surface area (Å²) in [5.41, 5.74) is 0. The van der Waals surface area contributed by atoms with Crippen LogP contribution in [0.5, 0.6) is 0 Å². The molecule has 1 aliphatic rings. The van der Waals surface area contributed by atoms with Gasteiger partial charge in [0.15, 0.2) is 5.96 Å². The van der Waals surface area contributed by atoms with Crippen molar-refractivity contribution in [2.45, 2.75) is 51.9 Å². The van der Waals surface area contributed by atoms with Gasteiger partial charge in [0.25, 0.3) is 0 Å². The van der Waals surface area contributed by atoms with Gasteiger partial charge in [0, 0.05) is 25.9 Å². The molecule has 2 N–H and O–H groups in total. The smallest absolute Gasteiger partial charge is 0.191 e. The largest absolute Gasteiger partial charge is 0.379 e. The second-order valence-corrected chi connectivity index (χ2v) is 8.84. The first-order valence-electron chi connectivity index (χ1n) is 9.29. The van der Waals surface area contributed by atoms with Crippen LogP contribution in [0.1, 0.15) is 51.9 Å². The van der Waals surface area contributed by atoms with Crippen LogP contribution in [-0.2, 0) is 14.6 Å². The van der Waals surface area contributed by atoms with Crippen LogP contribution in [0.15, 0.2) is 4.99 Å². The average molecular weight is 489 g/mol. The number of hydrogen-bond donors (Lipinski definition) is 2. The van der Waals surface area contributed by atoms with Crippen molar-refractivity contribution in [3.63, 3.8) is 0 Å². The van der Waals surface area contributed by atoms with E-state index in [4.69, 9.17) is 4.74 Å². The number of hydrogen-bond acceptors (Lipinski definition) is 4. The van der Waals surface area contributed by atoms with Crippen molar-refractivity contribution in [1.29, 1.82) is 0 Å². The zero-order chi connectivity index (χ0) is 17.7. The van der Waals surface area contributed by atoms with Gasteiger partial charge in [-0.3, -0.25) is 4.99 Å². The molecule has 8 heteroatoms. The van der Waals surface area contributed by atoms with E-state index in [-0.39, 0.29) is 36.3 Å². The number of aliphatic imine (C=N–C) groups is 1. The maximum Gasteiger partial charge on any atom is 0.191 e. The minimum Gasteiger partial charge on any atom is -0.379 e. The Morgan fingerprint density at radius 1 is 1.16 bits per heavy atom. The highest BCUT2D eigenvalue weighted by atomic mass is 127. The number of nitrogens with zero attached hydrogens (tertiary/aromatic N) is 1. The van der Waals surface area contributed by atoms with Crippen molar-refractivity contribution in [3.8, 4) is 0 Å². The van der Waals surface area contributed by atoms with Crippen molar-refractivity contribution in [1.82, 2.24) is 10.6 Å². The van der Waals surface area contributed by atoms with Gasteiger partial charge >= 0.3 is 0 Å². The molecule has 0 radical (unpaired) electrons. The molecule has 1 rings (SSSR count). The number of sulfone groups is 1. The first-order chi connectivity index (χ1) is 11.5. The van der Waals surface area contributed by atoms with Crippen LogP contribution in [-0.4, -0.2) is 59.2 Å².